The molecule has 5 nitrogen and oxygen atoms in total. The number of carbonyl (C=O) groups excluding carboxylic acids is 2. The van der Waals surface area contributed by atoms with Crippen molar-refractivity contribution in [1.29, 1.82) is 0 Å². The summed E-state index contributed by atoms with van der Waals surface area (Å²) in [6.07, 6.45) is 0.886. The lowest BCUT2D eigenvalue weighted by molar-refractivity contribution is 0.0600. The van der Waals surface area contributed by atoms with Gasteiger partial charge in [-0.05, 0) is 48.7 Å². The summed E-state index contributed by atoms with van der Waals surface area (Å²) in [5.41, 5.74) is 3.04. The number of esters is 1. The van der Waals surface area contributed by atoms with E-state index in [4.69, 9.17) is 16.3 Å². The maximum Gasteiger partial charge on any atom is 0.337 e. The molecular formula is C20H21ClN2O3. The second kappa shape index (κ2) is 7.79. The van der Waals surface area contributed by atoms with Crippen molar-refractivity contribution in [3.8, 4) is 0 Å². The first-order chi connectivity index (χ1) is 12.5. The fraction of sp³-hybridized carbons (Fsp3) is 0.300. The predicted octanol–water partition coefficient (Wildman–Crippen LogP) is 4.46. The van der Waals surface area contributed by atoms with Gasteiger partial charge in [0.1, 0.15) is 0 Å². The van der Waals surface area contributed by atoms with Crippen molar-refractivity contribution in [2.24, 2.45) is 0 Å². The van der Waals surface area contributed by atoms with Gasteiger partial charge in [0.15, 0.2) is 0 Å². The summed E-state index contributed by atoms with van der Waals surface area (Å²) >= 11 is 6.28. The Labute approximate surface area is 157 Å². The zero-order chi connectivity index (χ0) is 18.7. The van der Waals surface area contributed by atoms with Gasteiger partial charge >= 0.3 is 12.0 Å². The number of likely N-dealkylation sites (tertiary alicyclic amines) is 1. The van der Waals surface area contributed by atoms with Gasteiger partial charge in [-0.1, -0.05) is 29.8 Å². The molecule has 0 bridgehead atoms. The van der Waals surface area contributed by atoms with Crippen molar-refractivity contribution in [1.82, 2.24) is 4.90 Å². The summed E-state index contributed by atoms with van der Waals surface area (Å²) in [5, 5.41) is 3.67. The van der Waals surface area contributed by atoms with Crippen molar-refractivity contribution in [2.75, 3.05) is 25.5 Å². The minimum atomic E-state index is -0.395. The van der Waals surface area contributed by atoms with Crippen molar-refractivity contribution >= 4 is 29.3 Å². The molecular weight excluding hydrogens is 352 g/mol. The van der Waals surface area contributed by atoms with E-state index in [0.29, 0.717) is 24.3 Å². The predicted molar refractivity (Wildman–Crippen MR) is 102 cm³/mol. The Morgan fingerprint density at radius 1 is 1.23 bits per heavy atom. The van der Waals surface area contributed by atoms with E-state index in [0.717, 1.165) is 22.6 Å². The standard InChI is InChI=1S/C20H21ClN2O3/c1-13-11-14(19(24)26-2)7-8-18(13)22-20(25)23-10-9-15(12-23)16-5-3-4-6-17(16)21/h3-8,11,15H,9-10,12H2,1-2H3,(H,22,25). The number of carbonyl (C=O) groups is 2. The Hall–Kier alpha value is -2.53. The third-order valence-corrected chi connectivity index (χ3v) is 5.05. The number of anilines is 1. The van der Waals surface area contributed by atoms with Crippen LogP contribution in [0.4, 0.5) is 10.5 Å². The van der Waals surface area contributed by atoms with Crippen LogP contribution in [0.1, 0.15) is 33.8 Å². The normalized spacial score (nSPS) is 16.4. The van der Waals surface area contributed by atoms with Gasteiger partial charge in [-0.2, -0.15) is 0 Å². The molecule has 6 heteroatoms. The number of halogens is 1. The molecule has 1 heterocycles. The van der Waals surface area contributed by atoms with Gasteiger partial charge in [-0.15, -0.1) is 0 Å². The molecule has 0 saturated carbocycles. The number of hydrogen-bond acceptors (Lipinski definition) is 3. The van der Waals surface area contributed by atoms with E-state index in [9.17, 15) is 9.59 Å². The largest absolute Gasteiger partial charge is 0.465 e. The summed E-state index contributed by atoms with van der Waals surface area (Å²) in [6, 6.07) is 12.7. The van der Waals surface area contributed by atoms with Gasteiger partial charge < -0.3 is 15.0 Å². The number of methoxy groups -OCH3 is 1. The first-order valence-electron chi connectivity index (χ1n) is 8.49. The van der Waals surface area contributed by atoms with Crippen LogP contribution in [0.2, 0.25) is 5.02 Å². The number of benzene rings is 2. The molecule has 1 unspecified atom stereocenters. The van der Waals surface area contributed by atoms with Crippen molar-refractivity contribution in [2.45, 2.75) is 19.3 Å². The van der Waals surface area contributed by atoms with E-state index in [1.54, 1.807) is 23.1 Å². The van der Waals surface area contributed by atoms with Crippen LogP contribution < -0.4 is 5.32 Å². The highest BCUT2D eigenvalue weighted by Crippen LogP contribution is 2.32. The van der Waals surface area contributed by atoms with Crippen molar-refractivity contribution in [3.05, 3.63) is 64.2 Å². The molecule has 136 valence electrons. The molecule has 3 rings (SSSR count). The van der Waals surface area contributed by atoms with Crippen LogP contribution in [0, 0.1) is 6.92 Å². The summed E-state index contributed by atoms with van der Waals surface area (Å²) in [4.78, 5) is 26.0. The highest BCUT2D eigenvalue weighted by molar-refractivity contribution is 6.31. The molecule has 0 aromatic heterocycles. The average Bonchev–Trinajstić information content (AvgIpc) is 3.13. The second-order valence-corrected chi connectivity index (χ2v) is 6.81. The number of nitrogens with one attached hydrogen (secondary N) is 1. The maximum absolute atomic E-state index is 12.6. The van der Waals surface area contributed by atoms with E-state index in [1.165, 1.54) is 7.11 Å². The van der Waals surface area contributed by atoms with Crippen molar-refractivity contribution < 1.29 is 14.3 Å². The molecule has 2 aromatic rings. The lowest BCUT2D eigenvalue weighted by Crippen LogP contribution is -2.33. The summed E-state index contributed by atoms with van der Waals surface area (Å²) in [5.74, 6) is -0.148. The van der Waals surface area contributed by atoms with Crippen LogP contribution in [-0.2, 0) is 4.74 Å². The van der Waals surface area contributed by atoms with E-state index < -0.39 is 5.97 Å². The quantitative estimate of drug-likeness (QED) is 0.809. The fourth-order valence-electron chi connectivity index (χ4n) is 3.25. The van der Waals surface area contributed by atoms with Gasteiger partial charge in [0, 0.05) is 29.7 Å². The molecule has 2 amide bonds. The molecule has 1 atom stereocenters. The van der Waals surface area contributed by atoms with Crippen LogP contribution in [-0.4, -0.2) is 37.1 Å². The summed E-state index contributed by atoms with van der Waals surface area (Å²) < 4.78 is 4.71. The average molecular weight is 373 g/mol. The Balaban J connectivity index is 1.66. The summed E-state index contributed by atoms with van der Waals surface area (Å²) in [6.45, 7) is 3.16. The number of amides is 2. The van der Waals surface area contributed by atoms with Crippen molar-refractivity contribution in [3.63, 3.8) is 0 Å². The SMILES string of the molecule is COC(=O)c1ccc(NC(=O)N2CCC(c3ccccc3Cl)C2)c(C)c1. The highest BCUT2D eigenvalue weighted by atomic mass is 35.5. The van der Waals surface area contributed by atoms with E-state index in [2.05, 4.69) is 5.32 Å². The van der Waals surface area contributed by atoms with Gasteiger partial charge in [0.2, 0.25) is 0 Å². The Kier molecular flexibility index (Phi) is 5.47. The molecule has 1 aliphatic rings. The first kappa shape index (κ1) is 18.3. The molecule has 1 fully saturated rings. The number of hydrogen-bond donors (Lipinski definition) is 1. The summed E-state index contributed by atoms with van der Waals surface area (Å²) in [7, 11) is 1.34. The number of nitrogens with zero attached hydrogens (tertiary/aromatic N) is 1. The van der Waals surface area contributed by atoms with Crippen LogP contribution >= 0.6 is 11.6 Å². The van der Waals surface area contributed by atoms with Gasteiger partial charge in [0.05, 0.1) is 12.7 Å². The Bertz CT molecular complexity index is 838. The van der Waals surface area contributed by atoms with E-state index in [-0.39, 0.29) is 11.9 Å². The third-order valence-electron chi connectivity index (χ3n) is 4.71. The Morgan fingerprint density at radius 3 is 2.69 bits per heavy atom. The number of urea groups is 1. The first-order valence-corrected chi connectivity index (χ1v) is 8.86. The monoisotopic (exact) mass is 372 g/mol. The molecule has 1 N–H and O–H groups in total. The van der Waals surface area contributed by atoms with Crippen LogP contribution in [0.25, 0.3) is 0 Å². The molecule has 0 spiro atoms. The molecule has 0 radical (unpaired) electrons. The zero-order valence-corrected chi connectivity index (χ0v) is 15.5. The van der Waals surface area contributed by atoms with Crippen LogP contribution in [0.15, 0.2) is 42.5 Å². The smallest absolute Gasteiger partial charge is 0.337 e. The molecule has 0 aliphatic carbocycles. The van der Waals surface area contributed by atoms with Gasteiger partial charge in [-0.25, -0.2) is 9.59 Å². The second-order valence-electron chi connectivity index (χ2n) is 6.40. The zero-order valence-electron chi connectivity index (χ0n) is 14.8. The van der Waals surface area contributed by atoms with Gasteiger partial charge in [0.25, 0.3) is 0 Å². The maximum atomic E-state index is 12.6. The lowest BCUT2D eigenvalue weighted by Gasteiger charge is -2.19. The van der Waals surface area contributed by atoms with Crippen LogP contribution in [0.5, 0.6) is 0 Å². The number of rotatable bonds is 3. The lowest BCUT2D eigenvalue weighted by atomic mass is 9.98. The number of ether oxygens (including phenoxy) is 1. The topological polar surface area (TPSA) is 58.6 Å². The minimum absolute atomic E-state index is 0.145. The molecule has 2 aromatic carbocycles. The molecule has 26 heavy (non-hydrogen) atoms. The Morgan fingerprint density at radius 2 is 2.00 bits per heavy atom. The molecule has 1 aliphatic heterocycles. The van der Waals surface area contributed by atoms with Gasteiger partial charge in [-0.3, -0.25) is 0 Å². The minimum Gasteiger partial charge on any atom is -0.465 e. The molecule has 1 saturated heterocycles. The highest BCUT2D eigenvalue weighted by Gasteiger charge is 2.28. The van der Waals surface area contributed by atoms with Crippen LogP contribution in [0.3, 0.4) is 0 Å². The fourth-order valence-corrected chi connectivity index (χ4v) is 3.54. The van der Waals surface area contributed by atoms with E-state index in [1.807, 2.05) is 31.2 Å². The number of aryl methyl sites for hydroxylation is 1. The van der Waals surface area contributed by atoms with E-state index >= 15 is 0 Å². The third kappa shape index (κ3) is 3.83.